The van der Waals surface area contributed by atoms with Crippen LogP contribution in [0.1, 0.15) is 28.8 Å². The van der Waals surface area contributed by atoms with Crippen LogP contribution >= 0.6 is 11.8 Å². The molecule has 142 valence electrons. The predicted octanol–water partition coefficient (Wildman–Crippen LogP) is 4.15. The van der Waals surface area contributed by atoms with Gasteiger partial charge in [-0.15, -0.1) is 10.2 Å². The number of hydrogen-bond donors (Lipinski definition) is 0. The van der Waals surface area contributed by atoms with Crippen LogP contribution in [0.2, 0.25) is 0 Å². The van der Waals surface area contributed by atoms with Gasteiger partial charge in [0.15, 0.2) is 5.78 Å². The van der Waals surface area contributed by atoms with Crippen LogP contribution < -0.4 is 4.90 Å². The topological polar surface area (TPSA) is 76.3 Å². The monoisotopic (exact) mass is 393 g/mol. The van der Waals surface area contributed by atoms with E-state index in [1.807, 2.05) is 37.3 Å². The molecule has 0 atom stereocenters. The molecule has 2 heterocycles. The van der Waals surface area contributed by atoms with Crippen molar-refractivity contribution < 1.29 is 14.0 Å². The van der Waals surface area contributed by atoms with Crippen molar-refractivity contribution in [2.75, 3.05) is 17.2 Å². The van der Waals surface area contributed by atoms with Gasteiger partial charge in [-0.1, -0.05) is 41.6 Å². The lowest BCUT2D eigenvalue weighted by atomic mass is 10.1. The normalized spacial score (nSPS) is 13.9. The number of thioether (sulfide) groups is 1. The Labute approximate surface area is 167 Å². The van der Waals surface area contributed by atoms with Crippen molar-refractivity contribution >= 4 is 29.1 Å². The molecule has 1 aromatic heterocycles. The van der Waals surface area contributed by atoms with E-state index in [1.54, 1.807) is 23.1 Å². The van der Waals surface area contributed by atoms with Gasteiger partial charge in [0.25, 0.3) is 5.22 Å². The molecule has 1 amide bonds. The lowest BCUT2D eigenvalue weighted by Crippen LogP contribution is -2.23. The maximum Gasteiger partial charge on any atom is 0.277 e. The Morgan fingerprint density at radius 1 is 1.18 bits per heavy atom. The molecule has 28 heavy (non-hydrogen) atoms. The first-order valence-corrected chi connectivity index (χ1v) is 10.1. The zero-order chi connectivity index (χ0) is 19.5. The average Bonchev–Trinajstić information content (AvgIpc) is 3.35. The van der Waals surface area contributed by atoms with Crippen molar-refractivity contribution in [1.29, 1.82) is 0 Å². The second kappa shape index (κ2) is 7.98. The van der Waals surface area contributed by atoms with Crippen LogP contribution in [0.3, 0.4) is 0 Å². The van der Waals surface area contributed by atoms with E-state index in [0.29, 0.717) is 29.6 Å². The summed E-state index contributed by atoms with van der Waals surface area (Å²) >= 11 is 1.21. The molecule has 0 unspecified atom stereocenters. The molecule has 1 aliphatic heterocycles. The Kier molecular flexibility index (Phi) is 5.25. The zero-order valence-electron chi connectivity index (χ0n) is 15.4. The molecule has 6 nitrogen and oxygen atoms in total. The van der Waals surface area contributed by atoms with E-state index in [1.165, 1.54) is 11.8 Å². The van der Waals surface area contributed by atoms with Gasteiger partial charge in [-0.25, -0.2) is 0 Å². The summed E-state index contributed by atoms with van der Waals surface area (Å²) in [5.41, 5.74) is 3.31. The van der Waals surface area contributed by atoms with Gasteiger partial charge in [-0.3, -0.25) is 9.59 Å². The van der Waals surface area contributed by atoms with Crippen LogP contribution in [0.25, 0.3) is 11.5 Å². The number of hydrogen-bond acceptors (Lipinski definition) is 6. The molecule has 3 aromatic rings. The Balaban J connectivity index is 1.42. The molecule has 0 N–H and O–H groups in total. The van der Waals surface area contributed by atoms with Gasteiger partial charge in [0.2, 0.25) is 11.8 Å². The van der Waals surface area contributed by atoms with Gasteiger partial charge < -0.3 is 9.32 Å². The first-order valence-electron chi connectivity index (χ1n) is 9.07. The van der Waals surface area contributed by atoms with Gasteiger partial charge in [-0.05, 0) is 37.6 Å². The van der Waals surface area contributed by atoms with Gasteiger partial charge in [-0.2, -0.15) is 0 Å². The summed E-state index contributed by atoms with van der Waals surface area (Å²) in [6.07, 6.45) is 1.42. The Morgan fingerprint density at radius 2 is 2.04 bits per heavy atom. The number of aromatic nitrogens is 2. The molecule has 0 spiro atoms. The molecular formula is C21H19N3O3S. The number of rotatable bonds is 6. The van der Waals surface area contributed by atoms with E-state index < -0.39 is 0 Å². The van der Waals surface area contributed by atoms with E-state index in [0.717, 1.165) is 23.2 Å². The van der Waals surface area contributed by atoms with E-state index >= 15 is 0 Å². The molecule has 1 fully saturated rings. The van der Waals surface area contributed by atoms with Crippen molar-refractivity contribution in [2.24, 2.45) is 0 Å². The summed E-state index contributed by atoms with van der Waals surface area (Å²) in [5, 5.41) is 8.44. The molecule has 2 aromatic carbocycles. The molecule has 4 rings (SSSR count). The minimum absolute atomic E-state index is 0.0474. The highest BCUT2D eigenvalue weighted by molar-refractivity contribution is 7.99. The minimum Gasteiger partial charge on any atom is -0.411 e. The van der Waals surface area contributed by atoms with Gasteiger partial charge in [0, 0.05) is 29.8 Å². The first-order chi connectivity index (χ1) is 13.6. The quantitative estimate of drug-likeness (QED) is 0.463. The Bertz CT molecular complexity index is 1030. The Morgan fingerprint density at radius 3 is 2.82 bits per heavy atom. The summed E-state index contributed by atoms with van der Waals surface area (Å²) in [5.74, 6) is 0.683. The van der Waals surface area contributed by atoms with Crippen LogP contribution in [0.5, 0.6) is 0 Å². The molecule has 1 aliphatic rings. The fourth-order valence-corrected chi connectivity index (χ4v) is 3.80. The van der Waals surface area contributed by atoms with Crippen molar-refractivity contribution in [3.8, 4) is 11.5 Å². The molecule has 1 saturated heterocycles. The number of benzene rings is 2. The van der Waals surface area contributed by atoms with E-state index in [4.69, 9.17) is 4.42 Å². The van der Waals surface area contributed by atoms with Crippen LogP contribution in [0, 0.1) is 6.92 Å². The highest BCUT2D eigenvalue weighted by Gasteiger charge is 2.22. The summed E-state index contributed by atoms with van der Waals surface area (Å²) in [4.78, 5) is 26.2. The number of nitrogens with zero attached hydrogens (tertiary/aromatic N) is 3. The highest BCUT2D eigenvalue weighted by Crippen LogP contribution is 2.26. The Hall–Kier alpha value is -2.93. The van der Waals surface area contributed by atoms with Gasteiger partial charge in [0.05, 0.1) is 5.75 Å². The van der Waals surface area contributed by atoms with Crippen LogP contribution in [0.4, 0.5) is 5.69 Å². The molecule has 0 saturated carbocycles. The molecule has 0 radical (unpaired) electrons. The number of Topliss-reactive ketones (excluding diaryl/α,β-unsaturated/α-hetero) is 1. The maximum absolute atomic E-state index is 12.6. The minimum atomic E-state index is -0.0474. The van der Waals surface area contributed by atoms with Gasteiger partial charge in [0.1, 0.15) is 0 Å². The third-order valence-electron chi connectivity index (χ3n) is 4.55. The van der Waals surface area contributed by atoms with E-state index in [-0.39, 0.29) is 17.4 Å². The number of ketones is 1. The van der Waals surface area contributed by atoms with E-state index in [9.17, 15) is 9.59 Å². The highest BCUT2D eigenvalue weighted by atomic mass is 32.2. The maximum atomic E-state index is 12.6. The number of carbonyl (C=O) groups excluding carboxylic acids is 2. The standard InChI is InChI=1S/C21H19N3O3S/c1-14-5-2-7-16(11-14)20-22-23-21(27-20)28-13-18(25)15-6-3-8-17(12-15)24-10-4-9-19(24)26/h2-3,5-8,11-12H,4,9-10,13H2,1H3. The number of amides is 1. The second-order valence-electron chi connectivity index (χ2n) is 6.65. The van der Waals surface area contributed by atoms with Crippen LogP contribution in [-0.2, 0) is 4.79 Å². The molecule has 0 aliphatic carbocycles. The summed E-state index contributed by atoms with van der Waals surface area (Å²) in [7, 11) is 0. The third-order valence-corrected chi connectivity index (χ3v) is 5.37. The van der Waals surface area contributed by atoms with Crippen molar-refractivity contribution in [2.45, 2.75) is 25.0 Å². The lowest BCUT2D eigenvalue weighted by Gasteiger charge is -2.16. The fraction of sp³-hybridized carbons (Fsp3) is 0.238. The molecule has 0 bridgehead atoms. The van der Waals surface area contributed by atoms with Crippen molar-refractivity contribution in [1.82, 2.24) is 10.2 Å². The summed E-state index contributed by atoms with van der Waals surface area (Å²) in [6.45, 7) is 2.70. The van der Waals surface area contributed by atoms with Gasteiger partial charge >= 0.3 is 0 Å². The second-order valence-corrected chi connectivity index (χ2v) is 7.58. The third kappa shape index (κ3) is 3.99. The van der Waals surface area contributed by atoms with Crippen molar-refractivity contribution in [3.63, 3.8) is 0 Å². The first kappa shape index (κ1) is 18.4. The molecular weight excluding hydrogens is 374 g/mol. The van der Waals surface area contributed by atoms with Crippen molar-refractivity contribution in [3.05, 3.63) is 59.7 Å². The largest absolute Gasteiger partial charge is 0.411 e. The number of aryl methyl sites for hydroxylation is 1. The fourth-order valence-electron chi connectivity index (χ4n) is 3.14. The SMILES string of the molecule is Cc1cccc(-c2nnc(SCC(=O)c3cccc(N4CCCC4=O)c3)o2)c1. The van der Waals surface area contributed by atoms with E-state index in [2.05, 4.69) is 10.2 Å². The summed E-state index contributed by atoms with van der Waals surface area (Å²) in [6, 6.07) is 15.0. The summed E-state index contributed by atoms with van der Waals surface area (Å²) < 4.78 is 5.67. The smallest absolute Gasteiger partial charge is 0.277 e. The zero-order valence-corrected chi connectivity index (χ0v) is 16.2. The van der Waals surface area contributed by atoms with Crippen LogP contribution in [-0.4, -0.2) is 34.2 Å². The number of carbonyl (C=O) groups is 2. The molecule has 7 heteroatoms. The lowest BCUT2D eigenvalue weighted by molar-refractivity contribution is -0.117. The van der Waals surface area contributed by atoms with Crippen LogP contribution in [0.15, 0.2) is 58.2 Å². The number of anilines is 1. The average molecular weight is 393 g/mol. The predicted molar refractivity (Wildman–Crippen MR) is 108 cm³/mol.